The first-order chi connectivity index (χ1) is 29.2. The predicted molar refractivity (Wildman–Crippen MR) is 230 cm³/mol. The van der Waals surface area contributed by atoms with E-state index in [1.165, 1.54) is 6.42 Å². The number of anilines is 1. The molecule has 0 spiro atoms. The number of fused-ring (bicyclic) bond motifs is 2. The average Bonchev–Trinajstić information content (AvgIpc) is 3.60. The third kappa shape index (κ3) is 8.62. The molecular weight excluding hydrogens is 757 g/mol. The predicted octanol–water partition coefficient (Wildman–Crippen LogP) is 6.39. The molecule has 3 fully saturated rings. The van der Waals surface area contributed by atoms with Crippen molar-refractivity contribution in [1.29, 1.82) is 0 Å². The lowest BCUT2D eigenvalue weighted by atomic mass is 9.96. The molecule has 3 aromatic carbocycles. The fourth-order valence-corrected chi connectivity index (χ4v) is 9.10. The van der Waals surface area contributed by atoms with Crippen LogP contribution >= 0.6 is 0 Å². The number of urea groups is 1. The monoisotopic (exact) mass is 808 g/mol. The van der Waals surface area contributed by atoms with Gasteiger partial charge in [0.15, 0.2) is 0 Å². The molecule has 3 N–H and O–H groups in total. The number of para-hydroxylation sites is 1. The van der Waals surface area contributed by atoms with Crippen LogP contribution in [0.5, 0.6) is 5.75 Å². The van der Waals surface area contributed by atoms with E-state index in [9.17, 15) is 24.3 Å². The first kappa shape index (κ1) is 40.3. The molecule has 0 bridgehead atoms. The lowest BCUT2D eigenvalue weighted by molar-refractivity contribution is -0.205. The summed E-state index contributed by atoms with van der Waals surface area (Å²) in [7, 11) is 1.97. The second-order valence-corrected chi connectivity index (χ2v) is 16.1. The van der Waals surface area contributed by atoms with Gasteiger partial charge in [0.1, 0.15) is 23.8 Å². The van der Waals surface area contributed by atoms with Crippen molar-refractivity contribution in [3.05, 3.63) is 127 Å². The average molecular weight is 809 g/mol. The maximum absolute atomic E-state index is 14.8. The van der Waals surface area contributed by atoms with Crippen molar-refractivity contribution in [3.8, 4) is 16.9 Å². The number of aromatic nitrogens is 2. The molecule has 310 valence electrons. The van der Waals surface area contributed by atoms with E-state index in [-0.39, 0.29) is 74.6 Å². The van der Waals surface area contributed by atoms with Gasteiger partial charge in [-0.05, 0) is 60.2 Å². The van der Waals surface area contributed by atoms with Gasteiger partial charge in [-0.15, -0.1) is 6.58 Å². The number of piperazine rings is 1. The van der Waals surface area contributed by atoms with Gasteiger partial charge in [-0.25, -0.2) is 19.8 Å². The standard InChI is InChI=1S/C47H52N8O5/c1-3-25-53-31-44(58)54-40(26-33-17-21-37(56)22-18-33)46(59)52(30-42(54)55(53)43(57)24-19-32-11-6-4-7-12-32)28-35-13-10-16-38-39(29-51(2)45(35)38)34-20-23-41(48-27-34)50-47(60)49-36-14-8-5-9-15-36/h3-4,6-7,10-13,16-18,20-23,27,29,36,40,42,56H,1,5,8-9,14-15,19,24-26,28,30-31H2,2H3,(H2,48,49,50,60)/t40-,42-/m0/s1. The molecular formula is C47H52N8O5. The summed E-state index contributed by atoms with van der Waals surface area (Å²) < 4.78 is 2.05. The number of carbonyl (C=O) groups excluding carboxylic acids is 4. The summed E-state index contributed by atoms with van der Waals surface area (Å²) in [5, 5.41) is 20.4. The molecule has 13 heteroatoms. The molecule has 1 aliphatic carbocycles. The number of hydrogen-bond acceptors (Lipinski definition) is 7. The number of aromatic hydroxyl groups is 1. The highest BCUT2D eigenvalue weighted by atomic mass is 16.3. The van der Waals surface area contributed by atoms with Gasteiger partial charge in [0.25, 0.3) is 0 Å². The third-order valence-electron chi connectivity index (χ3n) is 12.0. The summed E-state index contributed by atoms with van der Waals surface area (Å²) >= 11 is 0. The Labute approximate surface area is 350 Å². The van der Waals surface area contributed by atoms with Crippen molar-refractivity contribution < 1.29 is 24.3 Å². The van der Waals surface area contributed by atoms with E-state index in [0.717, 1.165) is 64.4 Å². The second kappa shape index (κ2) is 17.8. The van der Waals surface area contributed by atoms with Crippen molar-refractivity contribution in [2.45, 2.75) is 76.2 Å². The second-order valence-electron chi connectivity index (χ2n) is 16.1. The van der Waals surface area contributed by atoms with Gasteiger partial charge in [-0.3, -0.25) is 19.7 Å². The minimum atomic E-state index is -0.887. The molecule has 2 saturated heterocycles. The first-order valence-electron chi connectivity index (χ1n) is 20.9. The molecule has 5 amide bonds. The Morgan fingerprint density at radius 2 is 1.72 bits per heavy atom. The first-order valence-corrected chi connectivity index (χ1v) is 20.9. The molecule has 13 nitrogen and oxygen atoms in total. The van der Waals surface area contributed by atoms with Crippen LogP contribution in [0.3, 0.4) is 0 Å². The molecule has 60 heavy (non-hydrogen) atoms. The lowest BCUT2D eigenvalue weighted by Crippen LogP contribution is -2.75. The highest BCUT2D eigenvalue weighted by Crippen LogP contribution is 2.35. The molecule has 2 aliphatic heterocycles. The van der Waals surface area contributed by atoms with Crippen LogP contribution in [0.1, 0.15) is 55.2 Å². The van der Waals surface area contributed by atoms with Crippen molar-refractivity contribution in [3.63, 3.8) is 0 Å². The van der Waals surface area contributed by atoms with E-state index in [0.29, 0.717) is 12.2 Å². The van der Waals surface area contributed by atoms with E-state index >= 15 is 0 Å². The quantitative estimate of drug-likeness (QED) is 0.124. The molecule has 2 atom stereocenters. The zero-order chi connectivity index (χ0) is 41.8. The zero-order valence-corrected chi connectivity index (χ0v) is 34.0. The van der Waals surface area contributed by atoms with Gasteiger partial charge in [0.2, 0.25) is 17.7 Å². The summed E-state index contributed by atoms with van der Waals surface area (Å²) in [6.45, 7) is 4.49. The highest BCUT2D eigenvalue weighted by molar-refractivity contribution is 5.98. The number of nitrogens with zero attached hydrogens (tertiary/aromatic N) is 6. The van der Waals surface area contributed by atoms with Crippen molar-refractivity contribution in [1.82, 2.24) is 34.7 Å². The zero-order valence-electron chi connectivity index (χ0n) is 34.0. The molecule has 3 aliphatic rings. The van der Waals surface area contributed by atoms with Gasteiger partial charge in [0, 0.05) is 67.9 Å². The van der Waals surface area contributed by atoms with Gasteiger partial charge in [-0.1, -0.05) is 86.0 Å². The fourth-order valence-electron chi connectivity index (χ4n) is 9.10. The molecule has 4 heterocycles. The van der Waals surface area contributed by atoms with Crippen LogP contribution < -0.4 is 10.6 Å². The Morgan fingerprint density at radius 1 is 0.933 bits per heavy atom. The highest BCUT2D eigenvalue weighted by Gasteiger charge is 2.51. The van der Waals surface area contributed by atoms with Crippen LogP contribution in [-0.4, -0.2) is 96.1 Å². The summed E-state index contributed by atoms with van der Waals surface area (Å²) in [5.74, 6) is -0.0248. The molecule has 8 rings (SSSR count). The summed E-state index contributed by atoms with van der Waals surface area (Å²) in [6, 6.07) is 25.3. The Morgan fingerprint density at radius 3 is 2.45 bits per heavy atom. The van der Waals surface area contributed by atoms with Crippen LogP contribution in [0.4, 0.5) is 10.6 Å². The fraction of sp³-hybridized carbons (Fsp3) is 0.340. The maximum Gasteiger partial charge on any atom is 0.320 e. The minimum absolute atomic E-state index is 0.0655. The van der Waals surface area contributed by atoms with Gasteiger partial charge >= 0.3 is 6.03 Å². The number of phenols is 1. The van der Waals surface area contributed by atoms with Crippen molar-refractivity contribution in [2.75, 3.05) is 25.0 Å². The van der Waals surface area contributed by atoms with Crippen molar-refractivity contribution in [2.24, 2.45) is 7.05 Å². The Kier molecular flexibility index (Phi) is 12.0. The van der Waals surface area contributed by atoms with E-state index in [1.54, 1.807) is 62.4 Å². The number of hydrazine groups is 1. The SMILES string of the molecule is C=CCN1CC(=O)N2[C@@H](Cc3ccc(O)cc3)C(=O)N(Cc3cccc4c(-c5ccc(NC(=O)NC6CCCCC6)nc5)cn(C)c34)C[C@@H]2N1C(=O)CCc1ccccc1. The van der Waals surface area contributed by atoms with Crippen LogP contribution in [0, 0.1) is 0 Å². The summed E-state index contributed by atoms with van der Waals surface area (Å²) in [6.07, 6.45) is 11.2. The minimum Gasteiger partial charge on any atom is -0.508 e. The number of hydrogen-bond donors (Lipinski definition) is 3. The molecule has 0 radical (unpaired) electrons. The molecule has 5 aromatic rings. The Hall–Kier alpha value is -6.47. The normalized spacial score (nSPS) is 18.7. The van der Waals surface area contributed by atoms with E-state index in [2.05, 4.69) is 22.2 Å². The topological polar surface area (TPSA) is 143 Å². The number of phenolic OH excluding ortho intramolecular Hbond substituents is 1. The Bertz CT molecular complexity index is 2360. The van der Waals surface area contributed by atoms with E-state index in [4.69, 9.17) is 0 Å². The number of aryl methyl sites for hydroxylation is 2. The lowest BCUT2D eigenvalue weighted by Gasteiger charge is -2.55. The molecule has 0 unspecified atom stereocenters. The van der Waals surface area contributed by atoms with Crippen LogP contribution in [0.15, 0.2) is 110 Å². The summed E-state index contributed by atoms with van der Waals surface area (Å²) in [4.78, 5) is 63.8. The molecule has 1 saturated carbocycles. The van der Waals surface area contributed by atoms with Crippen molar-refractivity contribution >= 4 is 40.5 Å². The van der Waals surface area contributed by atoms with Crippen LogP contribution in [0.25, 0.3) is 22.0 Å². The van der Waals surface area contributed by atoms with Crippen LogP contribution in [-0.2, 0) is 40.8 Å². The largest absolute Gasteiger partial charge is 0.508 e. The molecule has 2 aromatic heterocycles. The number of rotatable bonds is 12. The van der Waals surface area contributed by atoms with Gasteiger partial charge < -0.3 is 24.8 Å². The van der Waals surface area contributed by atoms with Gasteiger partial charge in [-0.2, -0.15) is 0 Å². The van der Waals surface area contributed by atoms with E-state index in [1.807, 2.05) is 72.4 Å². The number of carbonyl (C=O) groups is 4. The smallest absolute Gasteiger partial charge is 0.320 e. The maximum atomic E-state index is 14.8. The number of benzene rings is 3. The Balaban J connectivity index is 1.08. The summed E-state index contributed by atoms with van der Waals surface area (Å²) in [5.41, 5.74) is 5.49. The third-order valence-corrected chi connectivity index (χ3v) is 12.0. The number of nitrogens with one attached hydrogen (secondary N) is 2. The van der Waals surface area contributed by atoms with E-state index < -0.39 is 12.2 Å². The number of amides is 5. The van der Waals surface area contributed by atoms with Gasteiger partial charge in [0.05, 0.1) is 18.6 Å². The van der Waals surface area contributed by atoms with Crippen LogP contribution in [0.2, 0.25) is 0 Å². The number of pyridine rings is 1.